The number of carbonyl (C=O) groups excluding carboxylic acids is 2. The van der Waals surface area contributed by atoms with Gasteiger partial charge in [-0.3, -0.25) is 14.5 Å². The number of anilines is 1. The van der Waals surface area contributed by atoms with Crippen molar-refractivity contribution in [1.82, 2.24) is 9.80 Å². The van der Waals surface area contributed by atoms with Crippen LogP contribution >= 0.6 is 0 Å². The average molecular weight is 371 g/mol. The summed E-state index contributed by atoms with van der Waals surface area (Å²) in [6, 6.07) is 6.03. The van der Waals surface area contributed by atoms with E-state index in [1.54, 1.807) is 4.90 Å². The lowest BCUT2D eigenvalue weighted by molar-refractivity contribution is -0.145. The molecule has 3 saturated heterocycles. The molecule has 3 fully saturated rings. The summed E-state index contributed by atoms with van der Waals surface area (Å²) in [4.78, 5) is 31.8. The third-order valence-corrected chi connectivity index (χ3v) is 6.17. The molecular weight excluding hydrogens is 346 g/mol. The first-order chi connectivity index (χ1) is 13.2. The number of hydrogen-bond acceptors (Lipinski definition) is 5. The van der Waals surface area contributed by atoms with Gasteiger partial charge in [0.1, 0.15) is 19.1 Å². The Bertz CT molecular complexity index is 756. The number of benzene rings is 1. The summed E-state index contributed by atoms with van der Waals surface area (Å²) in [6.07, 6.45) is 3.10. The summed E-state index contributed by atoms with van der Waals surface area (Å²) in [6.45, 7) is 5.45. The van der Waals surface area contributed by atoms with Crippen molar-refractivity contribution in [2.75, 3.05) is 50.8 Å². The predicted molar refractivity (Wildman–Crippen MR) is 99.1 cm³/mol. The maximum absolute atomic E-state index is 12.9. The molecule has 1 unspecified atom stereocenters. The zero-order valence-corrected chi connectivity index (χ0v) is 15.4. The lowest BCUT2D eigenvalue weighted by atomic mass is 10.0. The largest absolute Gasteiger partial charge is 0.486 e. The molecule has 7 nitrogen and oxygen atoms in total. The van der Waals surface area contributed by atoms with Crippen LogP contribution in [-0.4, -0.2) is 73.6 Å². The maximum atomic E-state index is 12.9. The van der Waals surface area contributed by atoms with E-state index in [9.17, 15) is 9.59 Å². The van der Waals surface area contributed by atoms with Crippen molar-refractivity contribution in [3.63, 3.8) is 0 Å². The fourth-order valence-corrected chi connectivity index (χ4v) is 4.56. The van der Waals surface area contributed by atoms with Crippen LogP contribution in [0.3, 0.4) is 0 Å². The molecule has 0 spiro atoms. The van der Waals surface area contributed by atoms with Crippen molar-refractivity contribution < 1.29 is 19.1 Å². The van der Waals surface area contributed by atoms with E-state index in [2.05, 4.69) is 4.90 Å². The number of nitrogens with zero attached hydrogens (tertiary/aromatic N) is 3. The summed E-state index contributed by atoms with van der Waals surface area (Å²) < 4.78 is 11.2. The number of hydrogen-bond donors (Lipinski definition) is 0. The van der Waals surface area contributed by atoms with Gasteiger partial charge in [-0.15, -0.1) is 0 Å². The highest BCUT2D eigenvalue weighted by Gasteiger charge is 2.44. The van der Waals surface area contributed by atoms with E-state index in [0.29, 0.717) is 43.7 Å². The Labute approximate surface area is 158 Å². The molecule has 2 amide bonds. The van der Waals surface area contributed by atoms with E-state index in [1.807, 2.05) is 23.1 Å². The van der Waals surface area contributed by atoms with E-state index < -0.39 is 5.92 Å². The molecule has 0 bridgehead atoms. The Morgan fingerprint density at radius 3 is 2.52 bits per heavy atom. The summed E-state index contributed by atoms with van der Waals surface area (Å²) in [7, 11) is 0. The second-order valence-electron chi connectivity index (χ2n) is 7.80. The smallest absolute Gasteiger partial charge is 0.239 e. The zero-order chi connectivity index (χ0) is 18.4. The molecule has 1 aromatic carbocycles. The Morgan fingerprint density at radius 2 is 1.74 bits per heavy atom. The Kier molecular flexibility index (Phi) is 4.19. The van der Waals surface area contributed by atoms with Crippen LogP contribution in [0.15, 0.2) is 18.2 Å². The summed E-state index contributed by atoms with van der Waals surface area (Å²) in [5.41, 5.74) is 0.776. The number of fused-ring (bicyclic) bond motifs is 1. The predicted octanol–water partition coefficient (Wildman–Crippen LogP) is 1.12. The van der Waals surface area contributed by atoms with Gasteiger partial charge in [-0.25, -0.2) is 0 Å². The Morgan fingerprint density at radius 1 is 1.00 bits per heavy atom. The standard InChI is InChI=1S/C20H25N3O4/c24-19(22-12-15(13-22)21-6-1-2-7-21)16-5-8-23(20(16)25)14-3-4-17-18(11-14)27-10-9-26-17/h3-4,11,15-16H,1-2,5-10,12-13H2. The normalized spacial score (nSPS) is 25.8. The van der Waals surface area contributed by atoms with Gasteiger partial charge in [0.2, 0.25) is 11.8 Å². The minimum absolute atomic E-state index is 0.00418. The van der Waals surface area contributed by atoms with Crippen molar-refractivity contribution >= 4 is 17.5 Å². The van der Waals surface area contributed by atoms with Crippen LogP contribution in [0.1, 0.15) is 19.3 Å². The van der Waals surface area contributed by atoms with Gasteiger partial charge >= 0.3 is 0 Å². The van der Waals surface area contributed by atoms with Crippen LogP contribution < -0.4 is 14.4 Å². The van der Waals surface area contributed by atoms with Gasteiger partial charge in [-0.05, 0) is 44.5 Å². The minimum Gasteiger partial charge on any atom is -0.486 e. The highest BCUT2D eigenvalue weighted by Crippen LogP contribution is 2.36. The molecule has 4 aliphatic rings. The van der Waals surface area contributed by atoms with Crippen LogP contribution in [0, 0.1) is 5.92 Å². The second kappa shape index (κ2) is 6.71. The number of ether oxygens (including phenoxy) is 2. The molecule has 7 heteroatoms. The SMILES string of the molecule is O=C(C1CCN(c2ccc3c(c2)OCCO3)C1=O)N1CC(N2CCCC2)C1. The first-order valence-electron chi connectivity index (χ1n) is 9.94. The van der Waals surface area contributed by atoms with Crippen LogP contribution in [0.4, 0.5) is 5.69 Å². The molecule has 144 valence electrons. The first-order valence-corrected chi connectivity index (χ1v) is 9.94. The van der Waals surface area contributed by atoms with Crippen molar-refractivity contribution in [3.05, 3.63) is 18.2 Å². The molecule has 0 N–H and O–H groups in total. The third kappa shape index (κ3) is 2.94. The quantitative estimate of drug-likeness (QED) is 0.745. The molecule has 4 heterocycles. The van der Waals surface area contributed by atoms with E-state index in [0.717, 1.165) is 31.9 Å². The number of likely N-dealkylation sites (tertiary alicyclic amines) is 2. The molecule has 1 atom stereocenters. The van der Waals surface area contributed by atoms with Gasteiger partial charge in [0, 0.05) is 37.4 Å². The summed E-state index contributed by atoms with van der Waals surface area (Å²) in [5.74, 6) is 0.727. The molecule has 0 aromatic heterocycles. The molecule has 0 aliphatic carbocycles. The topological polar surface area (TPSA) is 62.3 Å². The van der Waals surface area contributed by atoms with Crippen molar-refractivity contribution in [2.24, 2.45) is 5.92 Å². The van der Waals surface area contributed by atoms with E-state index in [1.165, 1.54) is 12.8 Å². The van der Waals surface area contributed by atoms with Crippen molar-refractivity contribution in [1.29, 1.82) is 0 Å². The van der Waals surface area contributed by atoms with Gasteiger partial charge < -0.3 is 19.3 Å². The molecule has 27 heavy (non-hydrogen) atoms. The number of amides is 2. The van der Waals surface area contributed by atoms with E-state index in [-0.39, 0.29) is 11.8 Å². The van der Waals surface area contributed by atoms with E-state index >= 15 is 0 Å². The highest BCUT2D eigenvalue weighted by atomic mass is 16.6. The molecule has 1 aromatic rings. The first kappa shape index (κ1) is 16.9. The van der Waals surface area contributed by atoms with Crippen LogP contribution in [0.25, 0.3) is 0 Å². The van der Waals surface area contributed by atoms with Crippen molar-refractivity contribution in [2.45, 2.75) is 25.3 Å². The fourth-order valence-electron chi connectivity index (χ4n) is 4.56. The number of rotatable bonds is 3. The summed E-state index contributed by atoms with van der Waals surface area (Å²) >= 11 is 0. The van der Waals surface area contributed by atoms with Gasteiger partial charge in [0.15, 0.2) is 11.5 Å². The van der Waals surface area contributed by atoms with Gasteiger partial charge in [0.05, 0.1) is 0 Å². The van der Waals surface area contributed by atoms with Crippen LogP contribution in [-0.2, 0) is 9.59 Å². The fraction of sp³-hybridized carbons (Fsp3) is 0.600. The van der Waals surface area contributed by atoms with Gasteiger partial charge in [-0.2, -0.15) is 0 Å². The molecule has 0 radical (unpaired) electrons. The second-order valence-corrected chi connectivity index (χ2v) is 7.80. The van der Waals surface area contributed by atoms with E-state index in [4.69, 9.17) is 9.47 Å². The average Bonchev–Trinajstić information content (AvgIpc) is 3.30. The zero-order valence-electron chi connectivity index (χ0n) is 15.4. The monoisotopic (exact) mass is 371 g/mol. The third-order valence-electron chi connectivity index (χ3n) is 6.17. The maximum Gasteiger partial charge on any atom is 0.239 e. The molecule has 0 saturated carbocycles. The molecular formula is C20H25N3O4. The van der Waals surface area contributed by atoms with Crippen LogP contribution in [0.5, 0.6) is 11.5 Å². The lowest BCUT2D eigenvalue weighted by Crippen LogP contribution is -2.61. The highest BCUT2D eigenvalue weighted by molar-refractivity contribution is 6.09. The van der Waals surface area contributed by atoms with Crippen LogP contribution in [0.2, 0.25) is 0 Å². The summed E-state index contributed by atoms with van der Waals surface area (Å²) in [5, 5.41) is 0. The Hall–Kier alpha value is -2.28. The molecule has 5 rings (SSSR count). The molecule has 4 aliphatic heterocycles. The van der Waals surface area contributed by atoms with Crippen molar-refractivity contribution in [3.8, 4) is 11.5 Å². The van der Waals surface area contributed by atoms with Gasteiger partial charge in [0.25, 0.3) is 0 Å². The minimum atomic E-state index is -0.544. The van der Waals surface area contributed by atoms with Gasteiger partial charge in [-0.1, -0.05) is 0 Å². The number of carbonyl (C=O) groups is 2. The lowest BCUT2D eigenvalue weighted by Gasteiger charge is -2.44. The Balaban J connectivity index is 1.23.